The molecule has 3 heteroatoms. The first-order valence-corrected chi connectivity index (χ1v) is 5.99. The zero-order valence-electron chi connectivity index (χ0n) is 11.6. The molecule has 1 rings (SSSR count). The Morgan fingerprint density at radius 1 is 1.28 bits per heavy atom. The highest BCUT2D eigenvalue weighted by molar-refractivity contribution is 5.70. The van der Waals surface area contributed by atoms with Crippen LogP contribution in [0.3, 0.4) is 0 Å². The highest BCUT2D eigenvalue weighted by atomic mass is 16.6. The van der Waals surface area contributed by atoms with Crippen molar-refractivity contribution in [2.45, 2.75) is 39.8 Å². The minimum absolute atomic E-state index is 0.362. The highest BCUT2D eigenvalue weighted by Gasteiger charge is 2.22. The summed E-state index contributed by atoms with van der Waals surface area (Å²) in [5.41, 5.74) is 1.22. The molecular weight excluding hydrogens is 226 g/mol. The van der Waals surface area contributed by atoms with Crippen LogP contribution < -0.4 is 0 Å². The molecule has 0 aliphatic rings. The molecule has 0 saturated carbocycles. The van der Waals surface area contributed by atoms with Gasteiger partial charge in [0.2, 0.25) is 0 Å². The van der Waals surface area contributed by atoms with Gasteiger partial charge < -0.3 is 4.74 Å². The van der Waals surface area contributed by atoms with E-state index in [1.807, 2.05) is 51.1 Å². The summed E-state index contributed by atoms with van der Waals surface area (Å²) in [6.45, 7) is 11.7. The molecule has 18 heavy (non-hydrogen) atoms. The van der Waals surface area contributed by atoms with Gasteiger partial charge in [-0.25, -0.2) is 4.79 Å². The third-order valence-electron chi connectivity index (χ3n) is 2.26. The van der Waals surface area contributed by atoms with Crippen molar-refractivity contribution >= 4 is 6.09 Å². The van der Waals surface area contributed by atoms with Crippen LogP contribution in [0.2, 0.25) is 0 Å². The van der Waals surface area contributed by atoms with Crippen molar-refractivity contribution in [1.29, 1.82) is 0 Å². The smallest absolute Gasteiger partial charge is 0.414 e. The predicted octanol–water partition coefficient (Wildman–Crippen LogP) is 3.96. The Hall–Kier alpha value is -1.77. The molecule has 0 aromatic heterocycles. The summed E-state index contributed by atoms with van der Waals surface area (Å²) in [7, 11) is 0. The molecule has 0 atom stereocenters. The van der Waals surface area contributed by atoms with E-state index in [0.29, 0.717) is 12.2 Å². The highest BCUT2D eigenvalue weighted by Crippen LogP contribution is 2.15. The standard InChI is InChI=1S/C15H21NO2/c1-12(2)16(14(17)18-15(3,4)5)11-13-9-7-6-8-10-13/h6-10H,1,11H2,2-5H3. The maximum absolute atomic E-state index is 12.0. The first-order chi connectivity index (χ1) is 8.29. The Kier molecular flexibility index (Phi) is 4.54. The zero-order valence-corrected chi connectivity index (χ0v) is 11.6. The molecule has 0 unspecified atom stereocenters. The van der Waals surface area contributed by atoms with E-state index in [9.17, 15) is 4.79 Å². The van der Waals surface area contributed by atoms with Crippen LogP contribution in [-0.4, -0.2) is 16.6 Å². The lowest BCUT2D eigenvalue weighted by molar-refractivity contribution is 0.0302. The fourth-order valence-corrected chi connectivity index (χ4v) is 1.44. The number of nitrogens with zero attached hydrogens (tertiary/aromatic N) is 1. The van der Waals surface area contributed by atoms with E-state index in [2.05, 4.69) is 6.58 Å². The van der Waals surface area contributed by atoms with Crippen molar-refractivity contribution in [3.8, 4) is 0 Å². The molecule has 1 amide bonds. The molecule has 0 saturated heterocycles. The van der Waals surface area contributed by atoms with E-state index in [-0.39, 0.29) is 6.09 Å². The van der Waals surface area contributed by atoms with Gasteiger partial charge in [0.05, 0.1) is 6.54 Å². The summed E-state index contributed by atoms with van der Waals surface area (Å²) in [5, 5.41) is 0. The summed E-state index contributed by atoms with van der Waals surface area (Å²) < 4.78 is 5.36. The molecule has 3 nitrogen and oxygen atoms in total. The number of ether oxygens (including phenoxy) is 1. The Morgan fingerprint density at radius 2 is 1.83 bits per heavy atom. The maximum Gasteiger partial charge on any atom is 0.414 e. The molecule has 0 radical (unpaired) electrons. The maximum atomic E-state index is 12.0. The normalized spacial score (nSPS) is 10.9. The van der Waals surface area contributed by atoms with Crippen LogP contribution >= 0.6 is 0 Å². The number of amides is 1. The molecule has 1 aromatic rings. The number of carbonyl (C=O) groups excluding carboxylic acids is 1. The molecule has 0 heterocycles. The van der Waals surface area contributed by atoms with Crippen molar-refractivity contribution in [2.75, 3.05) is 0 Å². The molecule has 98 valence electrons. The van der Waals surface area contributed by atoms with Gasteiger partial charge in [-0.1, -0.05) is 36.9 Å². The predicted molar refractivity (Wildman–Crippen MR) is 73.0 cm³/mol. The Balaban J connectivity index is 2.78. The Labute approximate surface area is 109 Å². The Bertz CT molecular complexity index is 418. The van der Waals surface area contributed by atoms with Crippen molar-refractivity contribution in [3.05, 3.63) is 48.2 Å². The van der Waals surface area contributed by atoms with E-state index in [1.54, 1.807) is 11.8 Å². The topological polar surface area (TPSA) is 29.5 Å². The average Bonchev–Trinajstić information content (AvgIpc) is 2.24. The quantitative estimate of drug-likeness (QED) is 0.809. The van der Waals surface area contributed by atoms with Crippen LogP contribution in [0.15, 0.2) is 42.6 Å². The third kappa shape index (κ3) is 4.62. The largest absolute Gasteiger partial charge is 0.443 e. The molecule has 0 aliphatic carbocycles. The van der Waals surface area contributed by atoms with E-state index in [4.69, 9.17) is 4.74 Å². The minimum atomic E-state index is -0.499. The van der Waals surface area contributed by atoms with E-state index in [1.165, 1.54) is 0 Å². The van der Waals surface area contributed by atoms with Gasteiger partial charge in [-0.2, -0.15) is 0 Å². The van der Waals surface area contributed by atoms with E-state index >= 15 is 0 Å². The average molecular weight is 247 g/mol. The van der Waals surface area contributed by atoms with Crippen LogP contribution in [0.25, 0.3) is 0 Å². The second kappa shape index (κ2) is 5.71. The van der Waals surface area contributed by atoms with E-state index in [0.717, 1.165) is 5.56 Å². The fraction of sp³-hybridized carbons (Fsp3) is 0.400. The van der Waals surface area contributed by atoms with Gasteiger partial charge in [-0.3, -0.25) is 4.90 Å². The third-order valence-corrected chi connectivity index (χ3v) is 2.26. The van der Waals surface area contributed by atoms with Gasteiger partial charge >= 0.3 is 6.09 Å². The van der Waals surface area contributed by atoms with Crippen molar-refractivity contribution in [3.63, 3.8) is 0 Å². The van der Waals surface area contributed by atoms with Crippen LogP contribution in [0, 0.1) is 0 Å². The van der Waals surface area contributed by atoms with Crippen LogP contribution in [-0.2, 0) is 11.3 Å². The lowest BCUT2D eigenvalue weighted by Crippen LogP contribution is -2.35. The molecule has 0 fully saturated rings. The fourth-order valence-electron chi connectivity index (χ4n) is 1.44. The monoisotopic (exact) mass is 247 g/mol. The minimum Gasteiger partial charge on any atom is -0.443 e. The second-order valence-corrected chi connectivity index (χ2v) is 5.29. The number of hydrogen-bond acceptors (Lipinski definition) is 2. The Morgan fingerprint density at radius 3 is 2.28 bits per heavy atom. The molecule has 0 N–H and O–H groups in total. The van der Waals surface area contributed by atoms with Crippen LogP contribution in [0.4, 0.5) is 4.79 Å². The lowest BCUT2D eigenvalue weighted by atomic mass is 10.2. The van der Waals surface area contributed by atoms with Crippen molar-refractivity contribution in [2.24, 2.45) is 0 Å². The number of carbonyl (C=O) groups is 1. The van der Waals surface area contributed by atoms with Gasteiger partial charge in [0.15, 0.2) is 0 Å². The summed E-state index contributed by atoms with van der Waals surface area (Å²) in [6, 6.07) is 9.78. The van der Waals surface area contributed by atoms with Crippen LogP contribution in [0.5, 0.6) is 0 Å². The number of hydrogen-bond donors (Lipinski definition) is 0. The summed E-state index contributed by atoms with van der Waals surface area (Å²) in [5.74, 6) is 0. The van der Waals surface area contributed by atoms with Gasteiger partial charge in [0.25, 0.3) is 0 Å². The lowest BCUT2D eigenvalue weighted by Gasteiger charge is -2.27. The summed E-state index contributed by atoms with van der Waals surface area (Å²) in [4.78, 5) is 13.6. The summed E-state index contributed by atoms with van der Waals surface area (Å²) >= 11 is 0. The zero-order chi connectivity index (χ0) is 13.8. The SMILES string of the molecule is C=C(C)N(Cc1ccccc1)C(=O)OC(C)(C)C. The van der Waals surface area contributed by atoms with Gasteiger partial charge in [-0.15, -0.1) is 0 Å². The van der Waals surface area contributed by atoms with Crippen molar-refractivity contribution in [1.82, 2.24) is 4.90 Å². The molecule has 0 aliphatic heterocycles. The molecule has 0 spiro atoms. The van der Waals surface area contributed by atoms with Gasteiger partial charge in [0, 0.05) is 5.70 Å². The van der Waals surface area contributed by atoms with Crippen LogP contribution in [0.1, 0.15) is 33.3 Å². The molecule has 0 bridgehead atoms. The number of allylic oxidation sites excluding steroid dienone is 1. The number of rotatable bonds is 3. The van der Waals surface area contributed by atoms with Gasteiger partial charge in [-0.05, 0) is 33.3 Å². The van der Waals surface area contributed by atoms with Crippen molar-refractivity contribution < 1.29 is 9.53 Å². The van der Waals surface area contributed by atoms with E-state index < -0.39 is 5.60 Å². The molecular formula is C15H21NO2. The first kappa shape index (κ1) is 14.3. The van der Waals surface area contributed by atoms with Gasteiger partial charge in [0.1, 0.15) is 5.60 Å². The second-order valence-electron chi connectivity index (χ2n) is 5.29. The summed E-state index contributed by atoms with van der Waals surface area (Å²) in [6.07, 6.45) is -0.362. The first-order valence-electron chi connectivity index (χ1n) is 5.99. The number of benzene rings is 1. The molecule has 1 aromatic carbocycles.